The van der Waals surface area contributed by atoms with Gasteiger partial charge >= 0.3 is 0 Å². The fourth-order valence-corrected chi connectivity index (χ4v) is 3.40. The van der Waals surface area contributed by atoms with Gasteiger partial charge in [0.05, 0.1) is 11.6 Å². The summed E-state index contributed by atoms with van der Waals surface area (Å²) in [6.07, 6.45) is 0. The summed E-state index contributed by atoms with van der Waals surface area (Å²) in [5.74, 6) is 1.63. The number of rotatable bonds is 6. The lowest BCUT2D eigenvalue weighted by molar-refractivity contribution is 0.0935. The van der Waals surface area contributed by atoms with Gasteiger partial charge in [-0.3, -0.25) is 4.79 Å². The van der Waals surface area contributed by atoms with Gasteiger partial charge in [-0.25, -0.2) is 0 Å². The van der Waals surface area contributed by atoms with Crippen LogP contribution < -0.4 is 19.5 Å². The van der Waals surface area contributed by atoms with Crippen LogP contribution in [0.2, 0.25) is 5.02 Å². The van der Waals surface area contributed by atoms with E-state index in [0.29, 0.717) is 41.9 Å². The molecule has 0 aromatic heterocycles. The van der Waals surface area contributed by atoms with Crippen LogP contribution in [0.5, 0.6) is 17.2 Å². The summed E-state index contributed by atoms with van der Waals surface area (Å²) in [7, 11) is 0. The second kappa shape index (κ2) is 9.09. The molecule has 1 heterocycles. The van der Waals surface area contributed by atoms with Gasteiger partial charge in [-0.2, -0.15) is 0 Å². The molecule has 154 valence electrons. The van der Waals surface area contributed by atoms with Gasteiger partial charge in [-0.1, -0.05) is 48.0 Å². The molecule has 6 heteroatoms. The standard InChI is InChI=1S/C24H22ClNO4/c1-16(18-7-9-22-23(13-18)29-12-11-28-22)26-24(27)20-14-19(25)8-10-21(20)30-15-17-5-3-2-4-6-17/h2-10,13-14,16H,11-12,15H2,1H3,(H,26,27)/t16-/m1/s1. The number of fused-ring (bicyclic) bond motifs is 1. The molecule has 0 unspecified atom stereocenters. The van der Waals surface area contributed by atoms with E-state index < -0.39 is 0 Å². The van der Waals surface area contributed by atoms with Gasteiger partial charge < -0.3 is 19.5 Å². The fourth-order valence-electron chi connectivity index (χ4n) is 3.23. The van der Waals surface area contributed by atoms with Gasteiger partial charge in [-0.05, 0) is 48.4 Å². The molecular weight excluding hydrogens is 402 g/mol. The fraction of sp³-hybridized carbons (Fsp3) is 0.208. The lowest BCUT2D eigenvalue weighted by Crippen LogP contribution is -2.27. The van der Waals surface area contributed by atoms with Crippen molar-refractivity contribution in [2.45, 2.75) is 19.6 Å². The van der Waals surface area contributed by atoms with E-state index in [-0.39, 0.29) is 11.9 Å². The first-order valence-electron chi connectivity index (χ1n) is 9.77. The van der Waals surface area contributed by atoms with Crippen molar-refractivity contribution in [2.75, 3.05) is 13.2 Å². The number of hydrogen-bond acceptors (Lipinski definition) is 4. The minimum absolute atomic E-state index is 0.241. The molecule has 0 saturated heterocycles. The van der Waals surface area contributed by atoms with E-state index in [1.54, 1.807) is 18.2 Å². The Hall–Kier alpha value is -3.18. The summed E-state index contributed by atoms with van der Waals surface area (Å²) >= 11 is 6.15. The Morgan fingerprint density at radius 2 is 1.80 bits per heavy atom. The minimum atomic E-state index is -0.261. The third-order valence-corrected chi connectivity index (χ3v) is 5.07. The Bertz CT molecular complexity index is 1040. The van der Waals surface area contributed by atoms with Crippen LogP contribution >= 0.6 is 11.6 Å². The summed E-state index contributed by atoms with van der Waals surface area (Å²) in [6, 6.07) is 20.3. The van der Waals surface area contributed by atoms with Crippen LogP contribution in [0, 0.1) is 0 Å². The van der Waals surface area contributed by atoms with Crippen molar-refractivity contribution < 1.29 is 19.0 Å². The van der Waals surface area contributed by atoms with Crippen molar-refractivity contribution in [2.24, 2.45) is 0 Å². The van der Waals surface area contributed by atoms with Crippen LogP contribution in [0.1, 0.15) is 34.5 Å². The highest BCUT2D eigenvalue weighted by Gasteiger charge is 2.19. The predicted molar refractivity (Wildman–Crippen MR) is 116 cm³/mol. The first-order chi connectivity index (χ1) is 14.6. The monoisotopic (exact) mass is 423 g/mol. The molecule has 30 heavy (non-hydrogen) atoms. The molecule has 1 aliphatic rings. The molecule has 0 radical (unpaired) electrons. The SMILES string of the molecule is C[C@@H](NC(=O)c1cc(Cl)ccc1OCc1ccccc1)c1ccc2c(c1)OCCO2. The first-order valence-corrected chi connectivity index (χ1v) is 10.1. The van der Waals surface area contributed by atoms with E-state index in [0.717, 1.165) is 16.9 Å². The van der Waals surface area contributed by atoms with E-state index >= 15 is 0 Å². The molecule has 3 aromatic carbocycles. The molecule has 1 aliphatic heterocycles. The third kappa shape index (κ3) is 4.69. The molecule has 3 aromatic rings. The lowest BCUT2D eigenvalue weighted by Gasteiger charge is -2.21. The zero-order valence-electron chi connectivity index (χ0n) is 16.6. The summed E-state index contributed by atoms with van der Waals surface area (Å²) in [5.41, 5.74) is 2.33. The molecule has 1 atom stereocenters. The Morgan fingerprint density at radius 3 is 2.60 bits per heavy atom. The predicted octanol–water partition coefficient (Wildman–Crippen LogP) is 5.18. The van der Waals surface area contributed by atoms with Crippen LogP contribution in [0.25, 0.3) is 0 Å². The lowest BCUT2D eigenvalue weighted by atomic mass is 10.1. The van der Waals surface area contributed by atoms with E-state index in [4.69, 9.17) is 25.8 Å². The second-order valence-corrected chi connectivity index (χ2v) is 7.45. The second-order valence-electron chi connectivity index (χ2n) is 7.01. The summed E-state index contributed by atoms with van der Waals surface area (Å²) in [6.45, 7) is 3.33. The maximum atomic E-state index is 13.0. The molecule has 1 N–H and O–H groups in total. The highest BCUT2D eigenvalue weighted by atomic mass is 35.5. The quantitative estimate of drug-likeness (QED) is 0.593. The molecule has 0 spiro atoms. The van der Waals surface area contributed by atoms with Crippen LogP contribution in [0.4, 0.5) is 0 Å². The van der Waals surface area contributed by atoms with Crippen molar-refractivity contribution in [3.8, 4) is 17.2 Å². The highest BCUT2D eigenvalue weighted by Crippen LogP contribution is 2.33. The highest BCUT2D eigenvalue weighted by molar-refractivity contribution is 6.31. The normalized spacial score (nSPS) is 13.4. The molecule has 0 aliphatic carbocycles. The Balaban J connectivity index is 1.49. The molecule has 4 rings (SSSR count). The van der Waals surface area contributed by atoms with Crippen molar-refractivity contribution in [1.29, 1.82) is 0 Å². The van der Waals surface area contributed by atoms with Crippen molar-refractivity contribution in [3.63, 3.8) is 0 Å². The number of benzene rings is 3. The smallest absolute Gasteiger partial charge is 0.255 e. The molecule has 5 nitrogen and oxygen atoms in total. The Kier molecular flexibility index (Phi) is 6.10. The van der Waals surface area contributed by atoms with Gasteiger partial charge in [-0.15, -0.1) is 0 Å². The third-order valence-electron chi connectivity index (χ3n) is 4.84. The molecule has 0 fully saturated rings. The Morgan fingerprint density at radius 1 is 1.03 bits per heavy atom. The number of amides is 1. The topological polar surface area (TPSA) is 56.8 Å². The largest absolute Gasteiger partial charge is 0.488 e. The minimum Gasteiger partial charge on any atom is -0.488 e. The van der Waals surface area contributed by atoms with Crippen LogP contribution in [0.15, 0.2) is 66.7 Å². The number of hydrogen-bond donors (Lipinski definition) is 1. The van der Waals surface area contributed by atoms with Gasteiger partial charge in [0.2, 0.25) is 0 Å². The van der Waals surface area contributed by atoms with Gasteiger partial charge in [0.1, 0.15) is 25.6 Å². The number of carbonyl (C=O) groups is 1. The maximum absolute atomic E-state index is 13.0. The summed E-state index contributed by atoms with van der Waals surface area (Å²) in [5, 5.41) is 3.48. The molecular formula is C24H22ClNO4. The summed E-state index contributed by atoms with van der Waals surface area (Å²) in [4.78, 5) is 13.0. The van der Waals surface area contributed by atoms with E-state index in [9.17, 15) is 4.79 Å². The van der Waals surface area contributed by atoms with Crippen molar-refractivity contribution in [1.82, 2.24) is 5.32 Å². The first kappa shape index (κ1) is 20.1. The number of halogens is 1. The van der Waals surface area contributed by atoms with E-state index in [1.165, 1.54) is 0 Å². The van der Waals surface area contributed by atoms with Gasteiger partial charge in [0.15, 0.2) is 11.5 Å². The Labute approximate surface area is 180 Å². The van der Waals surface area contributed by atoms with Crippen LogP contribution in [-0.4, -0.2) is 19.1 Å². The number of carbonyl (C=O) groups excluding carboxylic acids is 1. The number of ether oxygens (including phenoxy) is 3. The zero-order chi connectivity index (χ0) is 20.9. The average molecular weight is 424 g/mol. The van der Waals surface area contributed by atoms with Crippen LogP contribution in [-0.2, 0) is 6.61 Å². The van der Waals surface area contributed by atoms with Gasteiger partial charge in [0, 0.05) is 5.02 Å². The molecule has 0 bridgehead atoms. The molecule has 0 saturated carbocycles. The number of nitrogens with one attached hydrogen (secondary N) is 1. The van der Waals surface area contributed by atoms with Crippen molar-refractivity contribution in [3.05, 3.63) is 88.4 Å². The van der Waals surface area contributed by atoms with Gasteiger partial charge in [0.25, 0.3) is 5.91 Å². The maximum Gasteiger partial charge on any atom is 0.255 e. The van der Waals surface area contributed by atoms with Crippen molar-refractivity contribution >= 4 is 17.5 Å². The van der Waals surface area contributed by atoms with E-state index in [2.05, 4.69) is 5.32 Å². The van der Waals surface area contributed by atoms with Crippen LogP contribution in [0.3, 0.4) is 0 Å². The zero-order valence-corrected chi connectivity index (χ0v) is 17.3. The summed E-state index contributed by atoms with van der Waals surface area (Å²) < 4.78 is 17.1. The molecule has 1 amide bonds. The van der Waals surface area contributed by atoms with E-state index in [1.807, 2.05) is 55.5 Å². The average Bonchev–Trinajstić information content (AvgIpc) is 2.78.